The van der Waals surface area contributed by atoms with Crippen molar-refractivity contribution in [2.75, 3.05) is 11.0 Å². The molecule has 0 fully saturated rings. The molecule has 0 unspecified atom stereocenters. The summed E-state index contributed by atoms with van der Waals surface area (Å²) in [6, 6.07) is 10.5. The van der Waals surface area contributed by atoms with Crippen LogP contribution in [0.25, 0.3) is 10.9 Å². The summed E-state index contributed by atoms with van der Waals surface area (Å²) in [4.78, 5) is -0.503. The van der Waals surface area contributed by atoms with Crippen LogP contribution in [0.3, 0.4) is 0 Å². The molecular formula is C14H12N3NaO4S2. The first kappa shape index (κ1) is 17.4. The van der Waals surface area contributed by atoms with E-state index in [4.69, 9.17) is 0 Å². The summed E-state index contributed by atoms with van der Waals surface area (Å²) in [5.74, 6) is 0. The second kappa shape index (κ2) is 6.16. The van der Waals surface area contributed by atoms with Gasteiger partial charge in [-0.2, -0.15) is 0 Å². The van der Waals surface area contributed by atoms with Crippen LogP contribution in [0.1, 0.15) is 0 Å². The maximum atomic E-state index is 12.6. The molecule has 24 heavy (non-hydrogen) atoms. The Morgan fingerprint density at radius 2 is 1.71 bits per heavy atom. The number of nitrogens with one attached hydrogen (secondary N) is 2. The molecule has 0 radical (unpaired) electrons. The Morgan fingerprint density at radius 3 is 2.38 bits per heavy atom. The van der Waals surface area contributed by atoms with Gasteiger partial charge in [-0.05, 0) is 0 Å². The monoisotopic (exact) mass is 373 g/mol. The molecule has 0 saturated carbocycles. The molecule has 1 heterocycles. The van der Waals surface area contributed by atoms with Gasteiger partial charge < -0.3 is 0 Å². The second-order valence-electron chi connectivity index (χ2n) is 5.39. The molecular weight excluding hydrogens is 361 g/mol. The fourth-order valence-electron chi connectivity index (χ4n) is 2.40. The van der Waals surface area contributed by atoms with Crippen molar-refractivity contribution >= 4 is 67.3 Å². The summed E-state index contributed by atoms with van der Waals surface area (Å²) in [7, 11) is -7.71. The van der Waals surface area contributed by atoms with Crippen molar-refractivity contribution in [3.8, 4) is 0 Å². The Morgan fingerprint density at radius 1 is 1.04 bits per heavy atom. The Balaban J connectivity index is 2.07. The van der Waals surface area contributed by atoms with Gasteiger partial charge in [0.05, 0.1) is 0 Å². The number of hydrogen-bond acceptors (Lipinski definition) is 5. The molecule has 0 atom stereocenters. The van der Waals surface area contributed by atoms with E-state index in [2.05, 4.69) is 14.9 Å². The van der Waals surface area contributed by atoms with Crippen molar-refractivity contribution in [3.63, 3.8) is 0 Å². The minimum atomic E-state index is -4.04. The molecule has 0 aliphatic heterocycles. The number of nitrogens with zero attached hydrogens (tertiary/aromatic N) is 1. The molecule has 3 rings (SSSR count). The van der Waals surface area contributed by atoms with Crippen LogP contribution in [0.4, 0.5) is 5.69 Å². The van der Waals surface area contributed by atoms with Crippen molar-refractivity contribution in [1.29, 1.82) is 0 Å². The number of sulfonamides is 1. The number of aromatic amines is 1. The van der Waals surface area contributed by atoms with Gasteiger partial charge in [-0.1, -0.05) is 0 Å². The third-order valence-corrected chi connectivity index (χ3v) is 7.03. The summed E-state index contributed by atoms with van der Waals surface area (Å²) in [6.07, 6.45) is 0.979. The third kappa shape index (κ3) is 3.35. The molecule has 0 saturated heterocycles. The van der Waals surface area contributed by atoms with Gasteiger partial charge in [0.25, 0.3) is 0 Å². The molecule has 10 heteroatoms. The van der Waals surface area contributed by atoms with Crippen molar-refractivity contribution in [2.24, 2.45) is 0 Å². The molecule has 0 aliphatic rings. The van der Waals surface area contributed by atoms with Crippen LogP contribution in [-0.4, -0.2) is 61.2 Å². The summed E-state index contributed by atoms with van der Waals surface area (Å²) in [5, 5.41) is 7.83. The van der Waals surface area contributed by atoms with Gasteiger partial charge in [-0.15, -0.1) is 0 Å². The van der Waals surface area contributed by atoms with Crippen LogP contribution >= 0.6 is 0 Å². The number of aromatic nitrogens is 2. The zero-order valence-corrected chi connectivity index (χ0v) is 16.6. The van der Waals surface area contributed by atoms with Crippen LogP contribution in [0.5, 0.6) is 0 Å². The van der Waals surface area contributed by atoms with Gasteiger partial charge in [0, 0.05) is 0 Å². The molecule has 0 aliphatic carbocycles. The summed E-state index contributed by atoms with van der Waals surface area (Å²) < 4.78 is 52.3. The zero-order chi connectivity index (χ0) is 17.5. The second-order valence-corrected chi connectivity index (χ2v) is 9.98. The van der Waals surface area contributed by atoms with Gasteiger partial charge in [0.15, 0.2) is 0 Å². The summed E-state index contributed by atoms with van der Waals surface area (Å²) in [5.41, 5.74) is 1.17. The zero-order valence-electron chi connectivity index (χ0n) is 12.9. The number of rotatable bonds is 4. The Kier molecular flexibility index (Phi) is 4.47. The molecule has 0 spiro atoms. The number of benzene rings is 2. The Hall–Kier alpha value is -1.39. The van der Waals surface area contributed by atoms with E-state index in [9.17, 15) is 16.8 Å². The number of fused-ring (bicyclic) bond motifs is 1. The fraction of sp³-hybridized carbons (Fsp3) is 0.0714. The molecule has 1 aromatic heterocycles. The van der Waals surface area contributed by atoms with E-state index >= 15 is 0 Å². The number of sulfone groups is 1. The first-order valence-corrected chi connectivity index (χ1v) is 11.3. The van der Waals surface area contributed by atoms with Crippen LogP contribution < -0.4 is 7.67 Å². The Labute approximate surface area is 156 Å². The van der Waals surface area contributed by atoms with Gasteiger partial charge in [-0.25, -0.2) is 0 Å². The first-order valence-electron chi connectivity index (χ1n) is 6.95. The third-order valence-electron chi connectivity index (χ3n) is 3.54. The fourth-order valence-corrected chi connectivity index (χ4v) is 5.60. The molecule has 0 amide bonds. The topological polar surface area (TPSA) is 109 Å². The normalized spacial score (nSPS) is 12.5. The van der Waals surface area contributed by atoms with E-state index < -0.39 is 19.9 Å². The van der Waals surface area contributed by atoms with E-state index in [1.54, 1.807) is 18.2 Å². The number of H-pyrrole nitrogens is 1. The van der Waals surface area contributed by atoms with Gasteiger partial charge in [-0.3, -0.25) is 0 Å². The summed E-state index contributed by atoms with van der Waals surface area (Å²) in [6.45, 7) is 0. The molecule has 120 valence electrons. The van der Waals surface area contributed by atoms with Crippen LogP contribution in [0.2, 0.25) is 0 Å². The first-order chi connectivity index (χ1) is 11.2. The van der Waals surface area contributed by atoms with E-state index in [1.807, 2.05) is 0 Å². The van der Waals surface area contributed by atoms with Crippen LogP contribution in [-0.2, 0) is 19.9 Å². The molecule has 2 N–H and O–H groups in total. The van der Waals surface area contributed by atoms with Gasteiger partial charge in [0.1, 0.15) is 0 Å². The average molecular weight is 373 g/mol. The molecule has 7 nitrogen and oxygen atoms in total. The standard InChI is InChI=1S/C14H12N3O4S2.Na/c1-22(18,19)13-4-2-3-5-14(13)23(20,21)17-11-6-7-12-10(8-11)9-15-16-12;/h2-8,17H,1H3,(H,15,16);. The van der Waals surface area contributed by atoms with Crippen molar-refractivity contribution < 1.29 is 16.8 Å². The molecule has 0 bridgehead atoms. The van der Waals surface area contributed by atoms with Gasteiger partial charge in [0.2, 0.25) is 0 Å². The van der Waals surface area contributed by atoms with E-state index in [1.165, 1.54) is 24.3 Å². The predicted molar refractivity (Wildman–Crippen MR) is 91.8 cm³/mol. The predicted octanol–water partition coefficient (Wildman–Crippen LogP) is 0.561. The van der Waals surface area contributed by atoms with Crippen LogP contribution in [0, 0.1) is 0 Å². The van der Waals surface area contributed by atoms with Gasteiger partial charge >= 0.3 is 158 Å². The molecule has 3 aromatic rings. The van der Waals surface area contributed by atoms with E-state index in [0.29, 0.717) is 5.69 Å². The minimum absolute atomic E-state index is 0.231. The quantitative estimate of drug-likeness (QED) is 0.650. The van der Waals surface area contributed by atoms with Crippen molar-refractivity contribution in [1.82, 2.24) is 10.2 Å². The number of hydrogen-bond donors (Lipinski definition) is 2. The summed E-state index contributed by atoms with van der Waals surface area (Å²) >= 11 is 0.718. The van der Waals surface area contributed by atoms with Crippen LogP contribution in [0.15, 0.2) is 52.3 Å². The van der Waals surface area contributed by atoms with Crippen molar-refractivity contribution in [2.45, 2.75) is 9.79 Å². The van der Waals surface area contributed by atoms with E-state index in [-0.39, 0.29) is 9.79 Å². The maximum absolute atomic E-state index is 12.6. The molecule has 2 aromatic carbocycles. The average Bonchev–Trinajstić information content (AvgIpc) is 2.87. The van der Waals surface area contributed by atoms with E-state index in [0.717, 1.165) is 48.0 Å². The SMILES string of the molecule is CS(=O)(=O)c1ccccc1S(=O)(=O)Nc1ccc2[nH]n[c]([Na])c2c1. The Bertz CT molecular complexity index is 1140. The van der Waals surface area contributed by atoms with Crippen molar-refractivity contribution in [3.05, 3.63) is 42.5 Å². The number of anilines is 1.